The highest BCUT2D eigenvalue weighted by atomic mass is 16.5. The van der Waals surface area contributed by atoms with Crippen LogP contribution in [0.5, 0.6) is 17.2 Å². The second-order valence-corrected chi connectivity index (χ2v) is 5.05. The maximum atomic E-state index is 11.7. The average Bonchev–Trinajstić information content (AvgIpc) is 2.55. The summed E-state index contributed by atoms with van der Waals surface area (Å²) in [5.74, 6) is 0.828. The number of ether oxygens (including phenoxy) is 2. The summed E-state index contributed by atoms with van der Waals surface area (Å²) in [7, 11) is 0. The first-order valence-corrected chi connectivity index (χ1v) is 7.55. The summed E-state index contributed by atoms with van der Waals surface area (Å²) in [4.78, 5) is 11.7. The topological polar surface area (TPSA) is 80.2 Å². The number of aromatic hydroxyl groups is 1. The van der Waals surface area contributed by atoms with E-state index in [9.17, 15) is 9.90 Å². The molecule has 0 saturated heterocycles. The number of phenols is 1. The number of rotatable bonds is 7. The number of benzene rings is 2. The van der Waals surface area contributed by atoms with Crippen molar-refractivity contribution in [2.24, 2.45) is 5.10 Å². The Bertz CT molecular complexity index is 729. The largest absolute Gasteiger partial charge is 0.507 e. The van der Waals surface area contributed by atoms with Gasteiger partial charge < -0.3 is 14.6 Å². The summed E-state index contributed by atoms with van der Waals surface area (Å²) in [5, 5.41) is 13.7. The molecule has 1 amide bonds. The fourth-order valence-electron chi connectivity index (χ4n) is 1.95. The Balaban J connectivity index is 1.83. The molecule has 24 heavy (non-hydrogen) atoms. The molecule has 2 N–H and O–H groups in total. The fourth-order valence-corrected chi connectivity index (χ4v) is 1.95. The lowest BCUT2D eigenvalue weighted by molar-refractivity contribution is -0.123. The molecule has 2 aromatic carbocycles. The molecule has 0 aliphatic heterocycles. The summed E-state index contributed by atoms with van der Waals surface area (Å²) < 4.78 is 10.6. The van der Waals surface area contributed by atoms with E-state index in [4.69, 9.17) is 9.47 Å². The number of aryl methyl sites for hydroxylation is 1. The number of hydrazone groups is 1. The Hall–Kier alpha value is -3.02. The monoisotopic (exact) mass is 328 g/mol. The van der Waals surface area contributed by atoms with Crippen molar-refractivity contribution >= 4 is 12.1 Å². The predicted octanol–water partition coefficient (Wildman–Crippen LogP) is 2.63. The van der Waals surface area contributed by atoms with Crippen LogP contribution in [-0.2, 0) is 4.79 Å². The number of phenolic OH excluding ortho intramolecular Hbond substituents is 1. The zero-order chi connectivity index (χ0) is 17.4. The third-order valence-corrected chi connectivity index (χ3v) is 3.07. The summed E-state index contributed by atoms with van der Waals surface area (Å²) in [5.41, 5.74) is 3.87. The molecule has 2 aromatic rings. The van der Waals surface area contributed by atoms with E-state index in [-0.39, 0.29) is 12.4 Å². The molecule has 0 saturated carbocycles. The van der Waals surface area contributed by atoms with Gasteiger partial charge in [0.1, 0.15) is 17.2 Å². The van der Waals surface area contributed by atoms with Gasteiger partial charge in [-0.15, -0.1) is 0 Å². The first kappa shape index (κ1) is 17.3. The number of hydrogen-bond acceptors (Lipinski definition) is 5. The summed E-state index contributed by atoms with van der Waals surface area (Å²) in [6, 6.07) is 12.3. The number of carbonyl (C=O) groups excluding carboxylic acids is 1. The molecule has 0 unspecified atom stereocenters. The molecule has 6 nitrogen and oxygen atoms in total. The third kappa shape index (κ3) is 5.31. The van der Waals surface area contributed by atoms with Crippen molar-refractivity contribution in [2.75, 3.05) is 13.2 Å². The number of nitrogens with zero attached hydrogens (tertiary/aromatic N) is 1. The predicted molar refractivity (Wildman–Crippen MR) is 91.7 cm³/mol. The highest BCUT2D eigenvalue weighted by molar-refractivity contribution is 5.85. The van der Waals surface area contributed by atoms with Gasteiger partial charge in [-0.05, 0) is 43.7 Å². The number of nitrogens with one attached hydrogen (secondary N) is 1. The normalized spacial score (nSPS) is 10.6. The highest BCUT2D eigenvalue weighted by Crippen LogP contribution is 2.22. The van der Waals surface area contributed by atoms with Crippen LogP contribution in [0.2, 0.25) is 0 Å². The van der Waals surface area contributed by atoms with Gasteiger partial charge in [0.15, 0.2) is 6.61 Å². The van der Waals surface area contributed by atoms with Gasteiger partial charge in [0.2, 0.25) is 0 Å². The van der Waals surface area contributed by atoms with Crippen LogP contribution in [0.1, 0.15) is 18.1 Å². The second kappa shape index (κ2) is 8.57. The van der Waals surface area contributed by atoms with Gasteiger partial charge in [0.25, 0.3) is 5.91 Å². The van der Waals surface area contributed by atoms with Crippen LogP contribution in [0, 0.1) is 6.92 Å². The van der Waals surface area contributed by atoms with Crippen molar-refractivity contribution < 1.29 is 19.4 Å². The van der Waals surface area contributed by atoms with E-state index in [2.05, 4.69) is 10.5 Å². The van der Waals surface area contributed by atoms with E-state index in [0.717, 1.165) is 5.56 Å². The lowest BCUT2D eigenvalue weighted by Gasteiger charge is -2.06. The molecule has 0 spiro atoms. The van der Waals surface area contributed by atoms with Gasteiger partial charge in [-0.25, -0.2) is 5.43 Å². The minimum absolute atomic E-state index is 0.0231. The minimum Gasteiger partial charge on any atom is -0.507 e. The third-order valence-electron chi connectivity index (χ3n) is 3.07. The van der Waals surface area contributed by atoms with Crippen LogP contribution in [0.3, 0.4) is 0 Å². The summed E-state index contributed by atoms with van der Waals surface area (Å²) in [6.07, 6.45) is 1.36. The summed E-state index contributed by atoms with van der Waals surface area (Å²) >= 11 is 0. The maximum Gasteiger partial charge on any atom is 0.277 e. The molecule has 126 valence electrons. The number of hydrogen-bond donors (Lipinski definition) is 2. The van der Waals surface area contributed by atoms with Crippen LogP contribution in [0.15, 0.2) is 47.6 Å². The fraction of sp³-hybridized carbons (Fsp3) is 0.222. The lowest BCUT2D eigenvalue weighted by Crippen LogP contribution is -2.24. The Morgan fingerprint density at radius 3 is 2.71 bits per heavy atom. The molecule has 0 heterocycles. The lowest BCUT2D eigenvalue weighted by atomic mass is 10.2. The van der Waals surface area contributed by atoms with Gasteiger partial charge in [0.05, 0.1) is 12.8 Å². The van der Waals surface area contributed by atoms with Crippen molar-refractivity contribution in [3.63, 3.8) is 0 Å². The number of amides is 1. The molecular formula is C18H20N2O4. The molecular weight excluding hydrogens is 308 g/mol. The first-order chi connectivity index (χ1) is 11.6. The van der Waals surface area contributed by atoms with E-state index in [1.807, 2.05) is 32.0 Å². The van der Waals surface area contributed by atoms with Gasteiger partial charge in [0, 0.05) is 11.6 Å². The molecule has 0 radical (unpaired) electrons. The average molecular weight is 328 g/mol. The van der Waals surface area contributed by atoms with E-state index in [0.29, 0.717) is 23.7 Å². The molecule has 0 aliphatic carbocycles. The van der Waals surface area contributed by atoms with Crippen LogP contribution in [0.4, 0.5) is 0 Å². The molecule has 0 bridgehead atoms. The van der Waals surface area contributed by atoms with Crippen LogP contribution in [-0.4, -0.2) is 30.4 Å². The van der Waals surface area contributed by atoms with E-state index in [1.54, 1.807) is 18.2 Å². The Morgan fingerprint density at radius 1 is 1.21 bits per heavy atom. The summed E-state index contributed by atoms with van der Waals surface area (Å²) in [6.45, 7) is 4.18. The van der Waals surface area contributed by atoms with Gasteiger partial charge in [-0.2, -0.15) is 5.10 Å². The van der Waals surface area contributed by atoms with Crippen molar-refractivity contribution in [1.29, 1.82) is 0 Å². The maximum absolute atomic E-state index is 11.7. The zero-order valence-corrected chi connectivity index (χ0v) is 13.7. The van der Waals surface area contributed by atoms with Gasteiger partial charge in [-0.1, -0.05) is 12.1 Å². The highest BCUT2D eigenvalue weighted by Gasteiger charge is 2.03. The Morgan fingerprint density at radius 2 is 2.00 bits per heavy atom. The van der Waals surface area contributed by atoms with E-state index in [1.165, 1.54) is 12.3 Å². The quantitative estimate of drug-likeness (QED) is 0.605. The molecule has 0 aliphatic rings. The van der Waals surface area contributed by atoms with Crippen molar-refractivity contribution in [3.8, 4) is 17.2 Å². The van der Waals surface area contributed by atoms with Crippen molar-refractivity contribution in [3.05, 3.63) is 53.6 Å². The standard InChI is InChI=1S/C18H20N2O4/c1-3-23-16-8-7-14(17(21)10-16)11-19-20-18(22)12-24-15-6-4-5-13(2)9-15/h4-11,21H,3,12H2,1-2H3,(H,20,22)/b19-11+. The SMILES string of the molecule is CCOc1ccc(/C=N/NC(=O)COc2cccc(C)c2)c(O)c1. The van der Waals surface area contributed by atoms with E-state index >= 15 is 0 Å². The number of carbonyl (C=O) groups is 1. The Labute approximate surface area is 140 Å². The smallest absolute Gasteiger partial charge is 0.277 e. The van der Waals surface area contributed by atoms with Crippen LogP contribution in [0.25, 0.3) is 0 Å². The van der Waals surface area contributed by atoms with E-state index < -0.39 is 5.91 Å². The molecule has 6 heteroatoms. The van der Waals surface area contributed by atoms with Crippen molar-refractivity contribution in [2.45, 2.75) is 13.8 Å². The molecule has 0 fully saturated rings. The van der Waals surface area contributed by atoms with Gasteiger partial charge in [-0.3, -0.25) is 4.79 Å². The zero-order valence-electron chi connectivity index (χ0n) is 13.7. The van der Waals surface area contributed by atoms with Crippen LogP contribution >= 0.6 is 0 Å². The second-order valence-electron chi connectivity index (χ2n) is 5.05. The molecule has 2 rings (SSSR count). The van der Waals surface area contributed by atoms with Crippen LogP contribution < -0.4 is 14.9 Å². The van der Waals surface area contributed by atoms with Crippen molar-refractivity contribution in [1.82, 2.24) is 5.43 Å². The van der Waals surface area contributed by atoms with Gasteiger partial charge >= 0.3 is 0 Å². The molecule has 0 atom stereocenters. The Kier molecular flexibility index (Phi) is 6.19. The molecule has 0 aromatic heterocycles. The first-order valence-electron chi connectivity index (χ1n) is 7.55. The minimum atomic E-state index is -0.391.